The Labute approximate surface area is 167 Å². The number of rotatable bonds is 6. The quantitative estimate of drug-likeness (QED) is 0.705. The molecule has 0 unspecified atom stereocenters. The summed E-state index contributed by atoms with van der Waals surface area (Å²) in [6, 6.07) is 2.97. The molecule has 1 aromatic heterocycles. The zero-order valence-electron chi connectivity index (χ0n) is 16.2. The smallest absolute Gasteiger partial charge is 0.416 e. The molecule has 3 rings (SSSR count). The van der Waals surface area contributed by atoms with E-state index >= 15 is 0 Å². The van der Waals surface area contributed by atoms with Crippen LogP contribution in [0, 0.1) is 6.92 Å². The van der Waals surface area contributed by atoms with E-state index in [0.29, 0.717) is 17.7 Å². The summed E-state index contributed by atoms with van der Waals surface area (Å²) in [5.74, 6) is -0.141. The Bertz CT molecular complexity index is 872. The maximum atomic E-state index is 12.8. The lowest BCUT2D eigenvalue weighted by Gasteiger charge is -2.32. The van der Waals surface area contributed by atoms with Crippen LogP contribution >= 0.6 is 0 Å². The molecule has 0 spiro atoms. The van der Waals surface area contributed by atoms with Gasteiger partial charge < -0.3 is 15.3 Å². The van der Waals surface area contributed by atoms with Gasteiger partial charge in [-0.25, -0.2) is 4.98 Å². The number of alkyl halides is 3. The van der Waals surface area contributed by atoms with E-state index in [1.807, 2.05) is 6.08 Å². The number of hydrogen-bond acceptors (Lipinski definition) is 6. The Kier molecular flexibility index (Phi) is 6.36. The van der Waals surface area contributed by atoms with Crippen LogP contribution in [0.4, 0.5) is 19.1 Å². The van der Waals surface area contributed by atoms with Gasteiger partial charge in [0.1, 0.15) is 11.4 Å². The van der Waals surface area contributed by atoms with Gasteiger partial charge in [0.2, 0.25) is 5.95 Å². The van der Waals surface area contributed by atoms with Crippen molar-refractivity contribution in [3.63, 3.8) is 0 Å². The van der Waals surface area contributed by atoms with Crippen molar-refractivity contribution in [3.8, 4) is 17.0 Å². The number of aromatic nitrogens is 3. The summed E-state index contributed by atoms with van der Waals surface area (Å²) in [7, 11) is 0. The maximum Gasteiger partial charge on any atom is 0.416 e. The minimum absolute atomic E-state index is 0.162. The molecule has 0 aliphatic carbocycles. The lowest BCUT2D eigenvalue weighted by molar-refractivity contribution is -0.137. The summed E-state index contributed by atoms with van der Waals surface area (Å²) in [5, 5.41) is 21.5. The number of nitrogens with zero attached hydrogens (tertiary/aromatic N) is 4. The Hall–Kier alpha value is -2.68. The van der Waals surface area contributed by atoms with Crippen LogP contribution in [0.25, 0.3) is 11.3 Å². The summed E-state index contributed by atoms with van der Waals surface area (Å²) in [5.41, 5.74) is -0.0425. The van der Waals surface area contributed by atoms with Crippen LogP contribution in [0.1, 0.15) is 30.5 Å². The molecule has 1 aliphatic rings. The van der Waals surface area contributed by atoms with Gasteiger partial charge in [0.15, 0.2) is 0 Å². The van der Waals surface area contributed by atoms with Crippen LogP contribution in [-0.4, -0.2) is 50.9 Å². The van der Waals surface area contributed by atoms with Crippen molar-refractivity contribution in [1.29, 1.82) is 0 Å². The van der Waals surface area contributed by atoms with Gasteiger partial charge in [0, 0.05) is 24.7 Å². The summed E-state index contributed by atoms with van der Waals surface area (Å²) < 4.78 is 38.4. The summed E-state index contributed by atoms with van der Waals surface area (Å²) in [6.45, 7) is 8.33. The molecule has 1 fully saturated rings. The van der Waals surface area contributed by atoms with Gasteiger partial charge >= 0.3 is 6.18 Å². The van der Waals surface area contributed by atoms with Gasteiger partial charge in [-0.1, -0.05) is 6.08 Å². The Morgan fingerprint density at radius 2 is 2.14 bits per heavy atom. The van der Waals surface area contributed by atoms with E-state index in [0.717, 1.165) is 45.0 Å². The van der Waals surface area contributed by atoms with Crippen molar-refractivity contribution in [3.05, 3.63) is 42.1 Å². The first-order valence-electron chi connectivity index (χ1n) is 9.49. The number of piperidine rings is 1. The highest BCUT2D eigenvalue weighted by atomic mass is 19.4. The first kappa shape index (κ1) is 21.0. The second-order valence-electron chi connectivity index (χ2n) is 7.16. The van der Waals surface area contributed by atoms with Gasteiger partial charge in [-0.15, -0.1) is 16.8 Å². The van der Waals surface area contributed by atoms with Crippen molar-refractivity contribution >= 4 is 5.95 Å². The normalized spacial score (nSPS) is 17.9. The Balaban J connectivity index is 1.73. The van der Waals surface area contributed by atoms with Crippen LogP contribution in [0.3, 0.4) is 0 Å². The molecule has 2 N–H and O–H groups in total. The van der Waals surface area contributed by atoms with Crippen LogP contribution in [0.5, 0.6) is 5.75 Å². The molecule has 6 nitrogen and oxygen atoms in total. The zero-order valence-corrected chi connectivity index (χ0v) is 16.2. The first-order valence-corrected chi connectivity index (χ1v) is 9.49. The fraction of sp³-hybridized carbons (Fsp3) is 0.450. The molecule has 1 aliphatic heterocycles. The highest BCUT2D eigenvalue weighted by Crippen LogP contribution is 2.36. The van der Waals surface area contributed by atoms with Gasteiger partial charge in [-0.3, -0.25) is 0 Å². The lowest BCUT2D eigenvalue weighted by Crippen LogP contribution is -2.42. The van der Waals surface area contributed by atoms with Crippen molar-refractivity contribution in [2.24, 2.45) is 0 Å². The second kappa shape index (κ2) is 8.77. The number of phenolic OH excluding ortho intramolecular Hbond substituents is 1. The van der Waals surface area contributed by atoms with E-state index in [4.69, 9.17) is 0 Å². The van der Waals surface area contributed by atoms with Crippen LogP contribution in [-0.2, 0) is 6.18 Å². The number of halogens is 3. The van der Waals surface area contributed by atoms with E-state index in [2.05, 4.69) is 32.0 Å². The monoisotopic (exact) mass is 407 g/mol. The molecule has 9 heteroatoms. The molecule has 1 aromatic carbocycles. The van der Waals surface area contributed by atoms with Gasteiger partial charge in [-0.05, 0) is 50.9 Å². The fourth-order valence-electron chi connectivity index (χ4n) is 3.45. The third kappa shape index (κ3) is 5.23. The van der Waals surface area contributed by atoms with E-state index in [1.165, 1.54) is 6.07 Å². The molecule has 0 amide bonds. The number of hydrogen-bond donors (Lipinski definition) is 2. The number of benzene rings is 1. The van der Waals surface area contributed by atoms with Crippen molar-refractivity contribution < 1.29 is 18.3 Å². The third-order valence-electron chi connectivity index (χ3n) is 4.93. The van der Waals surface area contributed by atoms with Gasteiger partial charge in [0.05, 0.1) is 11.3 Å². The largest absolute Gasteiger partial charge is 0.507 e. The molecule has 29 heavy (non-hydrogen) atoms. The summed E-state index contributed by atoms with van der Waals surface area (Å²) >= 11 is 0. The predicted molar refractivity (Wildman–Crippen MR) is 105 cm³/mol. The number of aryl methyl sites for hydroxylation is 1. The van der Waals surface area contributed by atoms with E-state index in [-0.39, 0.29) is 17.3 Å². The molecule has 0 radical (unpaired) electrons. The highest BCUT2D eigenvalue weighted by Gasteiger charge is 2.31. The molecule has 156 valence electrons. The molecule has 0 saturated carbocycles. The zero-order chi connectivity index (χ0) is 21.0. The van der Waals surface area contributed by atoms with Crippen molar-refractivity contribution in [2.75, 3.05) is 25.0 Å². The van der Waals surface area contributed by atoms with Crippen LogP contribution < -0.4 is 5.32 Å². The molecule has 2 heterocycles. The standard InChI is InChI=1S/C20H24F3N5O/c1-3-4-9-28-10-5-6-15(12-28)25-19-24-13(2)18(26-27-19)16-8-7-14(11-17(16)29)20(21,22)23/h3,7-8,11,15,29H,1,4-6,9-10,12H2,2H3,(H,24,25,27)/t15-/m0/s1. The molecule has 1 saturated heterocycles. The van der Waals surface area contributed by atoms with Crippen molar-refractivity contribution in [2.45, 2.75) is 38.4 Å². The third-order valence-corrected chi connectivity index (χ3v) is 4.93. The number of aromatic hydroxyl groups is 1. The molecule has 1 atom stereocenters. The Morgan fingerprint density at radius 1 is 1.34 bits per heavy atom. The number of phenols is 1. The molecular weight excluding hydrogens is 383 g/mol. The lowest BCUT2D eigenvalue weighted by atomic mass is 10.1. The molecule has 0 bridgehead atoms. The summed E-state index contributed by atoms with van der Waals surface area (Å²) in [4.78, 5) is 6.75. The van der Waals surface area contributed by atoms with Crippen LogP contribution in [0.2, 0.25) is 0 Å². The second-order valence-corrected chi connectivity index (χ2v) is 7.16. The van der Waals surface area contributed by atoms with Gasteiger partial charge in [0.25, 0.3) is 0 Å². The predicted octanol–water partition coefficient (Wildman–Crippen LogP) is 4.02. The highest BCUT2D eigenvalue weighted by molar-refractivity contribution is 5.69. The SMILES string of the molecule is C=CCCN1CCC[C@H](Nc2nnc(-c3ccc(C(F)(F)F)cc3O)c(C)n2)C1. The van der Waals surface area contributed by atoms with Gasteiger partial charge in [-0.2, -0.15) is 13.2 Å². The summed E-state index contributed by atoms with van der Waals surface area (Å²) in [6.07, 6.45) is 0.382. The molecule has 2 aromatic rings. The minimum atomic E-state index is -4.53. The average molecular weight is 407 g/mol. The minimum Gasteiger partial charge on any atom is -0.507 e. The van der Waals surface area contributed by atoms with E-state index < -0.39 is 17.5 Å². The average Bonchev–Trinajstić information content (AvgIpc) is 2.66. The molecular formula is C20H24F3N5O. The van der Waals surface area contributed by atoms with E-state index in [9.17, 15) is 18.3 Å². The topological polar surface area (TPSA) is 74.2 Å². The maximum absolute atomic E-state index is 12.8. The van der Waals surface area contributed by atoms with Crippen LogP contribution in [0.15, 0.2) is 30.9 Å². The van der Waals surface area contributed by atoms with Crippen molar-refractivity contribution in [1.82, 2.24) is 20.1 Å². The Morgan fingerprint density at radius 3 is 2.79 bits per heavy atom. The first-order chi connectivity index (χ1) is 13.8. The number of nitrogens with one attached hydrogen (secondary N) is 1. The fourth-order valence-corrected chi connectivity index (χ4v) is 3.45. The number of likely N-dealkylation sites (tertiary alicyclic amines) is 1. The van der Waals surface area contributed by atoms with E-state index in [1.54, 1.807) is 6.92 Å². The number of anilines is 1.